The number of hydrogen-bond donors (Lipinski definition) is 1. The van der Waals surface area contributed by atoms with E-state index in [2.05, 4.69) is 28.1 Å². The molecule has 3 atom stereocenters. The number of rotatable bonds is 5. The second-order valence-electron chi connectivity index (χ2n) is 6.72. The molecule has 2 saturated carbocycles. The number of carbonyl (C=O) groups excluding carboxylic acids is 1. The molecule has 0 bridgehead atoms. The van der Waals surface area contributed by atoms with Crippen molar-refractivity contribution in [2.75, 3.05) is 0 Å². The van der Waals surface area contributed by atoms with Crippen LogP contribution in [0.3, 0.4) is 0 Å². The summed E-state index contributed by atoms with van der Waals surface area (Å²) < 4.78 is 6.54. The number of nitrogens with two attached hydrogens (primary N) is 1. The maximum Gasteiger partial charge on any atom is 0.311 e. The molecule has 2 fully saturated rings. The summed E-state index contributed by atoms with van der Waals surface area (Å²) in [5, 5.41) is 0. The van der Waals surface area contributed by atoms with Crippen LogP contribution in [-0.2, 0) is 9.53 Å². The van der Waals surface area contributed by atoms with Crippen molar-refractivity contribution in [2.45, 2.75) is 57.1 Å². The van der Waals surface area contributed by atoms with Gasteiger partial charge in [-0.1, -0.05) is 60.2 Å². The van der Waals surface area contributed by atoms with E-state index in [1.807, 2.05) is 12.1 Å². The van der Waals surface area contributed by atoms with Gasteiger partial charge < -0.3 is 4.74 Å². The van der Waals surface area contributed by atoms with Crippen LogP contribution in [0.5, 0.6) is 0 Å². The van der Waals surface area contributed by atoms with Crippen LogP contribution < -0.4 is 5.73 Å². The predicted octanol–water partition coefficient (Wildman–Crippen LogP) is 4.35. The Balaban J connectivity index is 1.45. The summed E-state index contributed by atoms with van der Waals surface area (Å²) in [6, 6.07) is 8.18. The summed E-state index contributed by atoms with van der Waals surface area (Å²) >= 11 is 3.43. The molecule has 0 aromatic heterocycles. The topological polar surface area (TPSA) is 52.3 Å². The van der Waals surface area contributed by atoms with Gasteiger partial charge in [0.25, 0.3) is 0 Å². The number of carbonyl (C=O) groups is 1. The van der Waals surface area contributed by atoms with Gasteiger partial charge in [-0.3, -0.25) is 10.5 Å². The van der Waals surface area contributed by atoms with Gasteiger partial charge in [-0.25, -0.2) is 0 Å². The van der Waals surface area contributed by atoms with Crippen molar-refractivity contribution in [1.29, 1.82) is 0 Å². The first-order chi connectivity index (χ1) is 10.6. The molecule has 4 heteroatoms. The SMILES string of the molecule is N[C@@H](CC1CCCCC1)OC(=O)C1CC1c1ccc(Br)cc1. The van der Waals surface area contributed by atoms with Gasteiger partial charge in [-0.05, 0) is 36.0 Å². The average Bonchev–Trinajstić information content (AvgIpc) is 3.29. The highest BCUT2D eigenvalue weighted by atomic mass is 79.9. The van der Waals surface area contributed by atoms with Gasteiger partial charge in [0.1, 0.15) is 0 Å². The monoisotopic (exact) mass is 365 g/mol. The van der Waals surface area contributed by atoms with E-state index in [1.165, 1.54) is 37.7 Å². The predicted molar refractivity (Wildman–Crippen MR) is 90.2 cm³/mol. The molecule has 0 amide bonds. The molecule has 2 aliphatic carbocycles. The van der Waals surface area contributed by atoms with Crippen molar-refractivity contribution in [3.63, 3.8) is 0 Å². The van der Waals surface area contributed by atoms with E-state index in [1.54, 1.807) is 0 Å². The summed E-state index contributed by atoms with van der Waals surface area (Å²) in [5.74, 6) is 0.829. The van der Waals surface area contributed by atoms with Crippen LogP contribution >= 0.6 is 15.9 Å². The van der Waals surface area contributed by atoms with Gasteiger partial charge in [0.2, 0.25) is 0 Å². The smallest absolute Gasteiger partial charge is 0.311 e. The summed E-state index contributed by atoms with van der Waals surface area (Å²) in [4.78, 5) is 12.2. The van der Waals surface area contributed by atoms with Crippen LogP contribution in [0.1, 0.15) is 56.4 Å². The van der Waals surface area contributed by atoms with E-state index in [9.17, 15) is 4.79 Å². The number of benzene rings is 1. The molecule has 1 aromatic rings. The zero-order valence-corrected chi connectivity index (χ0v) is 14.4. The molecule has 2 unspecified atom stereocenters. The van der Waals surface area contributed by atoms with Crippen molar-refractivity contribution < 1.29 is 9.53 Å². The summed E-state index contributed by atoms with van der Waals surface area (Å²) in [7, 11) is 0. The third kappa shape index (κ3) is 4.11. The van der Waals surface area contributed by atoms with Gasteiger partial charge in [0.15, 0.2) is 6.23 Å². The van der Waals surface area contributed by atoms with Crippen molar-refractivity contribution in [3.8, 4) is 0 Å². The van der Waals surface area contributed by atoms with Crippen molar-refractivity contribution in [2.24, 2.45) is 17.6 Å². The molecule has 120 valence electrons. The van der Waals surface area contributed by atoms with Gasteiger partial charge >= 0.3 is 5.97 Å². The minimum Gasteiger partial charge on any atom is -0.447 e. The zero-order chi connectivity index (χ0) is 15.5. The van der Waals surface area contributed by atoms with E-state index in [4.69, 9.17) is 10.5 Å². The Morgan fingerprint density at radius 1 is 1.23 bits per heavy atom. The summed E-state index contributed by atoms with van der Waals surface area (Å²) in [5.41, 5.74) is 7.24. The molecular weight excluding hydrogens is 342 g/mol. The van der Waals surface area contributed by atoms with Crippen molar-refractivity contribution in [1.82, 2.24) is 0 Å². The van der Waals surface area contributed by atoms with Crippen molar-refractivity contribution >= 4 is 21.9 Å². The van der Waals surface area contributed by atoms with Crippen LogP contribution in [-0.4, -0.2) is 12.2 Å². The number of hydrogen-bond acceptors (Lipinski definition) is 3. The van der Waals surface area contributed by atoms with E-state index >= 15 is 0 Å². The standard InChI is InChI=1S/C18H24BrNO2/c19-14-8-6-13(7-9-14)15-11-16(15)18(21)22-17(20)10-12-4-2-1-3-5-12/h6-9,12,15-17H,1-5,10-11,20H2/t15?,16?,17-/m1/s1. The molecule has 3 rings (SSSR count). The van der Waals surface area contributed by atoms with Crippen molar-refractivity contribution in [3.05, 3.63) is 34.3 Å². The Morgan fingerprint density at radius 2 is 1.91 bits per heavy atom. The minimum atomic E-state index is -0.429. The van der Waals surface area contributed by atoms with E-state index in [-0.39, 0.29) is 11.9 Å². The Bertz CT molecular complexity index is 510. The molecule has 0 spiro atoms. The number of halogens is 1. The number of esters is 1. The van der Waals surface area contributed by atoms with Crippen LogP contribution in [0.25, 0.3) is 0 Å². The molecule has 1 aromatic carbocycles. The lowest BCUT2D eigenvalue weighted by Gasteiger charge is -2.24. The lowest BCUT2D eigenvalue weighted by molar-refractivity contribution is -0.151. The first-order valence-corrected chi connectivity index (χ1v) is 9.14. The third-order valence-corrected chi connectivity index (χ3v) is 5.48. The maximum atomic E-state index is 12.2. The Kier molecular flexibility index (Phi) is 5.19. The molecule has 3 nitrogen and oxygen atoms in total. The molecular formula is C18H24BrNO2. The normalized spacial score (nSPS) is 26.5. The third-order valence-electron chi connectivity index (χ3n) is 4.95. The maximum absolute atomic E-state index is 12.2. The zero-order valence-electron chi connectivity index (χ0n) is 12.8. The van der Waals surface area contributed by atoms with E-state index in [0.717, 1.165) is 17.3 Å². The molecule has 0 heterocycles. The molecule has 2 N–H and O–H groups in total. The van der Waals surface area contributed by atoms with Gasteiger partial charge in [-0.2, -0.15) is 0 Å². The second-order valence-corrected chi connectivity index (χ2v) is 7.63. The number of ether oxygens (including phenoxy) is 1. The van der Waals surface area contributed by atoms with E-state index < -0.39 is 6.23 Å². The first-order valence-electron chi connectivity index (χ1n) is 8.35. The van der Waals surface area contributed by atoms with Crippen LogP contribution in [0.15, 0.2) is 28.7 Å². The fourth-order valence-electron chi connectivity index (χ4n) is 3.57. The second kappa shape index (κ2) is 7.14. The average molecular weight is 366 g/mol. The largest absolute Gasteiger partial charge is 0.447 e. The summed E-state index contributed by atoms with van der Waals surface area (Å²) in [6.07, 6.45) is 7.66. The minimum absolute atomic E-state index is 0.00131. The van der Waals surface area contributed by atoms with Crippen LogP contribution in [0.2, 0.25) is 0 Å². The Morgan fingerprint density at radius 3 is 2.59 bits per heavy atom. The Labute approximate surface area is 140 Å². The lowest BCUT2D eigenvalue weighted by atomic mass is 9.86. The highest BCUT2D eigenvalue weighted by molar-refractivity contribution is 9.10. The van der Waals surface area contributed by atoms with Gasteiger partial charge in [-0.15, -0.1) is 0 Å². The van der Waals surface area contributed by atoms with Gasteiger partial charge in [0.05, 0.1) is 5.92 Å². The fraction of sp³-hybridized carbons (Fsp3) is 0.611. The van der Waals surface area contributed by atoms with E-state index in [0.29, 0.717) is 11.8 Å². The molecule has 2 aliphatic rings. The van der Waals surface area contributed by atoms with Crippen LogP contribution in [0, 0.1) is 11.8 Å². The van der Waals surface area contributed by atoms with Gasteiger partial charge in [0, 0.05) is 10.9 Å². The fourth-order valence-corrected chi connectivity index (χ4v) is 3.83. The van der Waals surface area contributed by atoms with Crippen LogP contribution in [0.4, 0.5) is 0 Å². The first kappa shape index (κ1) is 16.0. The molecule has 0 radical (unpaired) electrons. The quantitative estimate of drug-likeness (QED) is 0.623. The highest BCUT2D eigenvalue weighted by Gasteiger charge is 2.45. The molecule has 0 saturated heterocycles. The Hall–Kier alpha value is -0.870. The molecule has 22 heavy (non-hydrogen) atoms. The molecule has 0 aliphatic heterocycles. The summed E-state index contributed by atoms with van der Waals surface area (Å²) in [6.45, 7) is 0. The highest BCUT2D eigenvalue weighted by Crippen LogP contribution is 2.48. The lowest BCUT2D eigenvalue weighted by Crippen LogP contribution is -2.31.